The number of rotatable bonds is 9. The standard InChI is InChI=1S/C24H35N5O/c1-6-19-10-12-20(13-11-19)18-29(5)24(25-2)27-17-21-8-7-9-22(16-21)23(30)26-14-15-28(3)4/h7-13,16H,6,14-15,17-18H2,1-5H3,(H,25,27)(H,26,30). The Morgan fingerprint density at radius 3 is 2.30 bits per heavy atom. The maximum atomic E-state index is 12.3. The van der Waals surface area contributed by atoms with Crippen molar-refractivity contribution in [1.82, 2.24) is 20.4 Å². The Bertz CT molecular complexity index is 830. The minimum absolute atomic E-state index is 0.0456. The predicted octanol–water partition coefficient (Wildman–Crippen LogP) is 2.75. The minimum atomic E-state index is -0.0456. The van der Waals surface area contributed by atoms with E-state index < -0.39 is 0 Å². The summed E-state index contributed by atoms with van der Waals surface area (Å²) in [5.41, 5.74) is 4.30. The summed E-state index contributed by atoms with van der Waals surface area (Å²) in [6.07, 6.45) is 1.05. The number of likely N-dealkylation sites (N-methyl/N-ethyl adjacent to an activating group) is 1. The lowest BCUT2D eigenvalue weighted by molar-refractivity contribution is 0.0951. The maximum Gasteiger partial charge on any atom is 0.251 e. The predicted molar refractivity (Wildman–Crippen MR) is 125 cm³/mol. The van der Waals surface area contributed by atoms with Crippen LogP contribution in [0.15, 0.2) is 53.5 Å². The number of guanidine groups is 1. The van der Waals surface area contributed by atoms with Crippen LogP contribution in [0.4, 0.5) is 0 Å². The second-order valence-corrected chi connectivity index (χ2v) is 7.69. The zero-order valence-corrected chi connectivity index (χ0v) is 18.9. The molecule has 1 amide bonds. The smallest absolute Gasteiger partial charge is 0.251 e. The molecule has 2 rings (SSSR count). The number of hydrogen-bond donors (Lipinski definition) is 2. The molecule has 0 heterocycles. The van der Waals surface area contributed by atoms with Crippen molar-refractivity contribution < 1.29 is 4.79 Å². The van der Waals surface area contributed by atoms with Crippen LogP contribution in [0, 0.1) is 0 Å². The number of nitrogens with one attached hydrogen (secondary N) is 2. The zero-order chi connectivity index (χ0) is 21.9. The molecule has 2 aromatic rings. The summed E-state index contributed by atoms with van der Waals surface area (Å²) >= 11 is 0. The van der Waals surface area contributed by atoms with Crippen molar-refractivity contribution >= 4 is 11.9 Å². The number of hydrogen-bond acceptors (Lipinski definition) is 3. The quantitative estimate of drug-likeness (QED) is 0.494. The SMILES string of the molecule is CCc1ccc(CN(C)C(=NC)NCc2cccc(C(=O)NCCN(C)C)c2)cc1. The monoisotopic (exact) mass is 409 g/mol. The van der Waals surface area contributed by atoms with Gasteiger partial charge in [-0.1, -0.05) is 43.3 Å². The summed E-state index contributed by atoms with van der Waals surface area (Å²) in [6.45, 7) is 4.99. The van der Waals surface area contributed by atoms with Crippen LogP contribution in [0.2, 0.25) is 0 Å². The van der Waals surface area contributed by atoms with E-state index in [4.69, 9.17) is 0 Å². The summed E-state index contributed by atoms with van der Waals surface area (Å²) in [4.78, 5) is 20.9. The number of aryl methyl sites for hydroxylation is 1. The third-order valence-corrected chi connectivity index (χ3v) is 4.91. The van der Waals surface area contributed by atoms with Gasteiger partial charge in [-0.15, -0.1) is 0 Å². The molecule has 162 valence electrons. The van der Waals surface area contributed by atoms with Gasteiger partial charge in [-0.2, -0.15) is 0 Å². The van der Waals surface area contributed by atoms with Crippen molar-refractivity contribution in [3.63, 3.8) is 0 Å². The van der Waals surface area contributed by atoms with Crippen LogP contribution < -0.4 is 10.6 Å². The van der Waals surface area contributed by atoms with E-state index in [1.165, 1.54) is 11.1 Å². The molecule has 0 atom stereocenters. The molecule has 0 aliphatic carbocycles. The van der Waals surface area contributed by atoms with Gasteiger partial charge in [-0.3, -0.25) is 9.79 Å². The molecule has 0 spiro atoms. The van der Waals surface area contributed by atoms with Crippen LogP contribution >= 0.6 is 0 Å². The summed E-state index contributed by atoms with van der Waals surface area (Å²) < 4.78 is 0. The molecule has 0 radical (unpaired) electrons. The van der Waals surface area contributed by atoms with Crippen LogP contribution in [0.5, 0.6) is 0 Å². The van der Waals surface area contributed by atoms with Gasteiger partial charge >= 0.3 is 0 Å². The Balaban J connectivity index is 1.91. The van der Waals surface area contributed by atoms with Crippen LogP contribution in [-0.2, 0) is 19.5 Å². The fourth-order valence-corrected chi connectivity index (χ4v) is 3.11. The van der Waals surface area contributed by atoms with E-state index in [1.54, 1.807) is 7.05 Å². The number of benzene rings is 2. The lowest BCUT2D eigenvalue weighted by Crippen LogP contribution is -2.38. The van der Waals surface area contributed by atoms with Crippen molar-refractivity contribution in [3.8, 4) is 0 Å². The highest BCUT2D eigenvalue weighted by Crippen LogP contribution is 2.09. The third kappa shape index (κ3) is 7.52. The molecular formula is C24H35N5O. The fourth-order valence-electron chi connectivity index (χ4n) is 3.11. The highest BCUT2D eigenvalue weighted by molar-refractivity contribution is 5.94. The van der Waals surface area contributed by atoms with Crippen molar-refractivity contribution in [2.24, 2.45) is 4.99 Å². The Hall–Kier alpha value is -2.86. The second-order valence-electron chi connectivity index (χ2n) is 7.69. The van der Waals surface area contributed by atoms with Crippen LogP contribution in [0.3, 0.4) is 0 Å². The summed E-state index contributed by atoms with van der Waals surface area (Å²) in [5, 5.41) is 6.34. The Morgan fingerprint density at radius 1 is 0.967 bits per heavy atom. The molecule has 0 aliphatic rings. The van der Waals surface area contributed by atoms with Gasteiger partial charge in [0.25, 0.3) is 5.91 Å². The van der Waals surface area contributed by atoms with Gasteiger partial charge in [0.15, 0.2) is 5.96 Å². The first kappa shape index (κ1) is 23.4. The average Bonchev–Trinajstić information content (AvgIpc) is 2.74. The zero-order valence-electron chi connectivity index (χ0n) is 18.9. The van der Waals surface area contributed by atoms with Crippen molar-refractivity contribution in [2.75, 3.05) is 41.3 Å². The first-order valence-electron chi connectivity index (χ1n) is 10.4. The molecule has 0 saturated heterocycles. The lowest BCUT2D eigenvalue weighted by atomic mass is 10.1. The molecule has 2 N–H and O–H groups in total. The average molecular weight is 410 g/mol. The topological polar surface area (TPSA) is 60.0 Å². The number of nitrogens with zero attached hydrogens (tertiary/aromatic N) is 3. The first-order chi connectivity index (χ1) is 14.4. The van der Waals surface area contributed by atoms with E-state index in [-0.39, 0.29) is 5.91 Å². The van der Waals surface area contributed by atoms with E-state index in [0.717, 1.165) is 31.0 Å². The number of carbonyl (C=O) groups excluding carboxylic acids is 1. The van der Waals surface area contributed by atoms with Gasteiger partial charge in [0.05, 0.1) is 0 Å². The first-order valence-corrected chi connectivity index (χ1v) is 10.4. The van der Waals surface area contributed by atoms with Gasteiger partial charge in [0, 0.05) is 45.8 Å². The molecule has 0 aromatic heterocycles. The minimum Gasteiger partial charge on any atom is -0.352 e. The largest absolute Gasteiger partial charge is 0.352 e. The van der Waals surface area contributed by atoms with Crippen molar-refractivity contribution in [3.05, 3.63) is 70.8 Å². The van der Waals surface area contributed by atoms with E-state index in [0.29, 0.717) is 18.7 Å². The van der Waals surface area contributed by atoms with Crippen LogP contribution in [0.25, 0.3) is 0 Å². The van der Waals surface area contributed by atoms with E-state index in [9.17, 15) is 4.79 Å². The van der Waals surface area contributed by atoms with Crippen LogP contribution in [0.1, 0.15) is 34.0 Å². The molecule has 0 unspecified atom stereocenters. The van der Waals surface area contributed by atoms with Gasteiger partial charge in [0.1, 0.15) is 0 Å². The van der Waals surface area contributed by atoms with E-state index in [1.807, 2.05) is 50.3 Å². The molecule has 30 heavy (non-hydrogen) atoms. The van der Waals surface area contributed by atoms with Gasteiger partial charge < -0.3 is 20.4 Å². The Kier molecular flexibility index (Phi) is 9.35. The number of amides is 1. The molecular weight excluding hydrogens is 374 g/mol. The second kappa shape index (κ2) is 12.0. The van der Waals surface area contributed by atoms with Gasteiger partial charge in [-0.25, -0.2) is 0 Å². The van der Waals surface area contributed by atoms with Gasteiger partial charge in [-0.05, 0) is 49.3 Å². The molecule has 0 saturated carbocycles. The lowest BCUT2D eigenvalue weighted by Gasteiger charge is -2.22. The molecule has 2 aromatic carbocycles. The highest BCUT2D eigenvalue weighted by atomic mass is 16.1. The summed E-state index contributed by atoms with van der Waals surface area (Å²) in [7, 11) is 7.79. The fraction of sp³-hybridized carbons (Fsp3) is 0.417. The Morgan fingerprint density at radius 2 is 1.67 bits per heavy atom. The summed E-state index contributed by atoms with van der Waals surface area (Å²) in [6, 6.07) is 16.4. The summed E-state index contributed by atoms with van der Waals surface area (Å²) in [5.74, 6) is 0.770. The van der Waals surface area contributed by atoms with Crippen molar-refractivity contribution in [1.29, 1.82) is 0 Å². The molecule has 6 nitrogen and oxygen atoms in total. The molecule has 0 fully saturated rings. The molecule has 6 heteroatoms. The highest BCUT2D eigenvalue weighted by Gasteiger charge is 2.09. The number of carbonyl (C=O) groups is 1. The number of aliphatic imine (C=N–C) groups is 1. The normalized spacial score (nSPS) is 11.5. The van der Waals surface area contributed by atoms with E-state index >= 15 is 0 Å². The van der Waals surface area contributed by atoms with Crippen LogP contribution in [-0.4, -0.2) is 62.9 Å². The van der Waals surface area contributed by atoms with E-state index in [2.05, 4.69) is 51.7 Å². The third-order valence-electron chi connectivity index (χ3n) is 4.91. The molecule has 0 aliphatic heterocycles. The van der Waals surface area contributed by atoms with Crippen molar-refractivity contribution in [2.45, 2.75) is 26.4 Å². The Labute approximate surface area is 181 Å². The maximum absolute atomic E-state index is 12.3. The molecule has 0 bridgehead atoms. The van der Waals surface area contributed by atoms with Gasteiger partial charge in [0.2, 0.25) is 0 Å².